The molecule has 122 valence electrons. The maximum absolute atomic E-state index is 5.93. The molecular weight excluding hydrogens is 304 g/mol. The average molecular weight is 322 g/mol. The maximum Gasteiger partial charge on any atom is 0.207 e. The molecule has 1 aliphatic rings. The summed E-state index contributed by atoms with van der Waals surface area (Å²) in [6.07, 6.45) is 3.66. The molecule has 0 fully saturated rings. The van der Waals surface area contributed by atoms with Crippen LogP contribution in [0.25, 0.3) is 11.0 Å². The molecule has 2 N–H and O–H groups in total. The maximum atomic E-state index is 5.93. The van der Waals surface area contributed by atoms with Crippen molar-refractivity contribution in [2.45, 2.75) is 12.6 Å². The lowest BCUT2D eigenvalue weighted by Crippen LogP contribution is -2.23. The van der Waals surface area contributed by atoms with E-state index in [1.807, 2.05) is 59.7 Å². The molecule has 3 aromatic rings. The highest BCUT2D eigenvalue weighted by atomic mass is 16.7. The van der Waals surface area contributed by atoms with Crippen LogP contribution in [0, 0.1) is 0 Å². The summed E-state index contributed by atoms with van der Waals surface area (Å²) in [5, 5.41) is 2.90. The minimum atomic E-state index is -0.112. The van der Waals surface area contributed by atoms with E-state index in [9.17, 15) is 0 Å². The summed E-state index contributed by atoms with van der Waals surface area (Å²) in [6.45, 7) is 0.547. The zero-order chi connectivity index (χ0) is 16.5. The summed E-state index contributed by atoms with van der Waals surface area (Å²) in [4.78, 5) is 5.73. The van der Waals surface area contributed by atoms with E-state index < -0.39 is 0 Å². The third-order valence-electron chi connectivity index (χ3n) is 4.20. The van der Waals surface area contributed by atoms with Crippen LogP contribution in [-0.4, -0.2) is 12.2 Å². The lowest BCUT2D eigenvalue weighted by atomic mass is 10.0. The molecule has 1 aliphatic heterocycles. The van der Waals surface area contributed by atoms with Gasteiger partial charge in [-0.25, -0.2) is 0 Å². The number of nitrogens with zero attached hydrogens (tertiary/aromatic N) is 1. The van der Waals surface area contributed by atoms with Crippen molar-refractivity contribution in [3.05, 3.63) is 77.9 Å². The van der Waals surface area contributed by atoms with Gasteiger partial charge in [-0.15, -0.1) is 5.06 Å². The van der Waals surface area contributed by atoms with Crippen LogP contribution < -0.4 is 10.5 Å². The molecule has 4 rings (SSSR count). The van der Waals surface area contributed by atoms with Crippen LogP contribution in [0.2, 0.25) is 0 Å². The molecule has 0 amide bonds. The number of rotatable bonds is 4. The van der Waals surface area contributed by atoms with Gasteiger partial charge in [-0.05, 0) is 12.1 Å². The van der Waals surface area contributed by atoms with Gasteiger partial charge in [0.2, 0.25) is 5.88 Å². The van der Waals surface area contributed by atoms with Crippen molar-refractivity contribution in [2.75, 3.05) is 7.11 Å². The van der Waals surface area contributed by atoms with E-state index in [-0.39, 0.29) is 6.04 Å². The van der Waals surface area contributed by atoms with Crippen LogP contribution in [0.5, 0.6) is 5.75 Å². The zero-order valence-corrected chi connectivity index (χ0v) is 13.3. The molecule has 0 radical (unpaired) electrons. The van der Waals surface area contributed by atoms with E-state index in [0.717, 1.165) is 27.8 Å². The SMILES string of the molecule is COc1ccccc1CN1OC(N)=CC1c1coc2ccccc12. The number of furan rings is 1. The van der Waals surface area contributed by atoms with Gasteiger partial charge in [0.15, 0.2) is 0 Å². The molecule has 1 atom stereocenters. The standard InChI is InChI=1S/C19H18N2O3/c1-22-17-8-4-2-6-13(17)11-21-16(10-19(20)24-21)15-12-23-18-9-5-3-7-14(15)18/h2-10,12,16H,11,20H2,1H3. The van der Waals surface area contributed by atoms with Crippen molar-refractivity contribution in [3.63, 3.8) is 0 Å². The quantitative estimate of drug-likeness (QED) is 0.793. The van der Waals surface area contributed by atoms with Gasteiger partial charge in [0.05, 0.1) is 26.0 Å². The van der Waals surface area contributed by atoms with E-state index in [4.69, 9.17) is 19.7 Å². The largest absolute Gasteiger partial charge is 0.496 e. The van der Waals surface area contributed by atoms with Crippen molar-refractivity contribution in [1.29, 1.82) is 0 Å². The van der Waals surface area contributed by atoms with Crippen molar-refractivity contribution < 1.29 is 14.0 Å². The number of fused-ring (bicyclic) bond motifs is 1. The van der Waals surface area contributed by atoms with Crippen molar-refractivity contribution in [2.24, 2.45) is 5.73 Å². The molecule has 0 saturated heterocycles. The second-order valence-electron chi connectivity index (χ2n) is 5.68. The first-order valence-electron chi connectivity index (χ1n) is 7.76. The Morgan fingerprint density at radius 2 is 1.92 bits per heavy atom. The molecule has 2 heterocycles. The second-order valence-corrected chi connectivity index (χ2v) is 5.68. The summed E-state index contributed by atoms with van der Waals surface area (Å²) in [6, 6.07) is 15.7. The lowest BCUT2D eigenvalue weighted by Gasteiger charge is -2.23. The van der Waals surface area contributed by atoms with E-state index in [1.54, 1.807) is 13.4 Å². The Hall–Kier alpha value is -2.92. The molecule has 0 aliphatic carbocycles. The van der Waals surface area contributed by atoms with Crippen LogP contribution in [-0.2, 0) is 11.4 Å². The van der Waals surface area contributed by atoms with Gasteiger partial charge < -0.3 is 19.7 Å². The van der Waals surface area contributed by atoms with Crippen molar-refractivity contribution in [1.82, 2.24) is 5.06 Å². The van der Waals surface area contributed by atoms with Gasteiger partial charge in [0.25, 0.3) is 0 Å². The molecule has 2 aromatic carbocycles. The van der Waals surface area contributed by atoms with Crippen molar-refractivity contribution >= 4 is 11.0 Å². The number of para-hydroxylation sites is 2. The number of benzene rings is 2. The Labute approximate surface area is 139 Å². The highest BCUT2D eigenvalue weighted by Gasteiger charge is 2.30. The molecular formula is C19H18N2O3. The molecule has 0 saturated carbocycles. The van der Waals surface area contributed by atoms with Crippen molar-refractivity contribution in [3.8, 4) is 5.75 Å². The fourth-order valence-electron chi connectivity index (χ4n) is 3.07. The van der Waals surface area contributed by atoms with Gasteiger partial charge in [0.1, 0.15) is 11.3 Å². The first-order valence-corrected chi connectivity index (χ1v) is 7.76. The van der Waals surface area contributed by atoms with E-state index in [2.05, 4.69) is 0 Å². The average Bonchev–Trinajstić information content (AvgIpc) is 3.18. The molecule has 1 unspecified atom stereocenters. The molecule has 1 aromatic heterocycles. The summed E-state index contributed by atoms with van der Waals surface area (Å²) in [5.41, 5.74) is 8.83. The van der Waals surface area contributed by atoms with E-state index in [0.29, 0.717) is 12.4 Å². The predicted molar refractivity (Wildman–Crippen MR) is 90.8 cm³/mol. The Morgan fingerprint density at radius 1 is 1.12 bits per heavy atom. The molecule has 0 spiro atoms. The van der Waals surface area contributed by atoms with Crippen LogP contribution in [0.4, 0.5) is 0 Å². The number of nitrogens with two attached hydrogens (primary N) is 1. The highest BCUT2D eigenvalue weighted by Crippen LogP contribution is 2.37. The minimum absolute atomic E-state index is 0.112. The zero-order valence-electron chi connectivity index (χ0n) is 13.3. The Morgan fingerprint density at radius 3 is 2.79 bits per heavy atom. The number of hydrogen-bond donors (Lipinski definition) is 1. The molecule has 24 heavy (non-hydrogen) atoms. The number of methoxy groups -OCH3 is 1. The number of hydroxylamine groups is 2. The Bertz CT molecular complexity index is 900. The highest BCUT2D eigenvalue weighted by molar-refractivity contribution is 5.81. The van der Waals surface area contributed by atoms with Gasteiger partial charge >= 0.3 is 0 Å². The number of hydrogen-bond acceptors (Lipinski definition) is 5. The van der Waals surface area contributed by atoms with Crippen LogP contribution in [0.1, 0.15) is 17.2 Å². The van der Waals surface area contributed by atoms with Crippen LogP contribution in [0.15, 0.2) is 71.2 Å². The van der Waals surface area contributed by atoms with E-state index >= 15 is 0 Å². The summed E-state index contributed by atoms with van der Waals surface area (Å²) < 4.78 is 11.1. The van der Waals surface area contributed by atoms with Gasteiger partial charge in [0, 0.05) is 22.6 Å². The summed E-state index contributed by atoms with van der Waals surface area (Å²) in [5.74, 6) is 1.21. The molecule has 5 heteroatoms. The van der Waals surface area contributed by atoms with Gasteiger partial charge in [-0.3, -0.25) is 0 Å². The monoisotopic (exact) mass is 322 g/mol. The van der Waals surface area contributed by atoms with Crippen LogP contribution >= 0.6 is 0 Å². The smallest absolute Gasteiger partial charge is 0.207 e. The van der Waals surface area contributed by atoms with E-state index in [1.165, 1.54) is 0 Å². The topological polar surface area (TPSA) is 60.9 Å². The first kappa shape index (κ1) is 14.7. The second kappa shape index (κ2) is 5.94. The van der Waals surface area contributed by atoms with Gasteiger partial charge in [-0.1, -0.05) is 36.4 Å². The molecule has 0 bridgehead atoms. The van der Waals surface area contributed by atoms with Gasteiger partial charge in [-0.2, -0.15) is 0 Å². The fraction of sp³-hybridized carbons (Fsp3) is 0.158. The Balaban J connectivity index is 1.69. The summed E-state index contributed by atoms with van der Waals surface area (Å²) >= 11 is 0. The number of ether oxygens (including phenoxy) is 1. The fourth-order valence-corrected chi connectivity index (χ4v) is 3.07. The molecule has 5 nitrogen and oxygen atoms in total. The normalized spacial score (nSPS) is 17.7. The third-order valence-corrected chi connectivity index (χ3v) is 4.20. The Kier molecular flexibility index (Phi) is 3.63. The van der Waals surface area contributed by atoms with Crippen LogP contribution in [0.3, 0.4) is 0 Å². The first-order chi connectivity index (χ1) is 11.8. The minimum Gasteiger partial charge on any atom is -0.496 e. The predicted octanol–water partition coefficient (Wildman–Crippen LogP) is 3.73. The summed E-state index contributed by atoms with van der Waals surface area (Å²) in [7, 11) is 1.66. The third kappa shape index (κ3) is 2.49. The lowest BCUT2D eigenvalue weighted by molar-refractivity contribution is -0.128.